The van der Waals surface area contributed by atoms with Crippen molar-refractivity contribution >= 4 is 23.1 Å². The van der Waals surface area contributed by atoms with Gasteiger partial charge in [-0.05, 0) is 48.5 Å². The van der Waals surface area contributed by atoms with Gasteiger partial charge in [0, 0.05) is 37.4 Å². The van der Waals surface area contributed by atoms with E-state index in [1.54, 1.807) is 49.6 Å². The zero-order chi connectivity index (χ0) is 26.7. The first kappa shape index (κ1) is 25.1. The van der Waals surface area contributed by atoms with Crippen LogP contribution in [-0.2, 0) is 6.18 Å². The molecule has 1 aliphatic rings. The van der Waals surface area contributed by atoms with Crippen LogP contribution in [0.4, 0.5) is 30.4 Å². The van der Waals surface area contributed by atoms with Crippen molar-refractivity contribution < 1.29 is 27.1 Å². The minimum Gasteiger partial charge on any atom is -0.497 e. The van der Waals surface area contributed by atoms with Crippen LogP contribution in [0.15, 0.2) is 77.3 Å². The topological polar surface area (TPSA) is 83.7 Å². The van der Waals surface area contributed by atoms with Gasteiger partial charge in [0.1, 0.15) is 11.6 Å². The standard InChI is InChI=1S/C27H24F3N5O3/c1-37-21-10-8-20(9-11-21)34-13-15-35(16-14-34)22-12-7-19(17-31-22)32-25(36)23-24(27(28,29)30)38-26(33-23)18-5-3-2-4-6-18/h2-12,17H,13-16H2,1H3,(H,32,36). The number of pyridine rings is 1. The van der Waals surface area contributed by atoms with Crippen molar-refractivity contribution in [2.45, 2.75) is 6.18 Å². The molecular weight excluding hydrogens is 499 g/mol. The van der Waals surface area contributed by atoms with E-state index in [2.05, 4.69) is 25.1 Å². The Balaban J connectivity index is 1.24. The number of carbonyl (C=O) groups is 1. The fraction of sp³-hybridized carbons (Fsp3) is 0.222. The summed E-state index contributed by atoms with van der Waals surface area (Å²) in [7, 11) is 1.63. The molecule has 8 nitrogen and oxygen atoms in total. The molecule has 0 unspecified atom stereocenters. The lowest BCUT2D eigenvalue weighted by Gasteiger charge is -2.36. The summed E-state index contributed by atoms with van der Waals surface area (Å²) in [6.07, 6.45) is -3.47. The van der Waals surface area contributed by atoms with Crippen LogP contribution in [-0.4, -0.2) is 49.2 Å². The minimum atomic E-state index is -4.89. The van der Waals surface area contributed by atoms with Crippen LogP contribution in [0.25, 0.3) is 11.5 Å². The van der Waals surface area contributed by atoms with Crippen LogP contribution >= 0.6 is 0 Å². The number of rotatable bonds is 6. The molecule has 38 heavy (non-hydrogen) atoms. The predicted octanol–water partition coefficient (Wildman–Crippen LogP) is 5.34. The molecule has 0 spiro atoms. The number of anilines is 3. The Kier molecular flexibility index (Phi) is 6.91. The summed E-state index contributed by atoms with van der Waals surface area (Å²) in [5.41, 5.74) is 0.844. The molecule has 1 N–H and O–H groups in total. The molecule has 0 aliphatic carbocycles. The largest absolute Gasteiger partial charge is 0.497 e. The Morgan fingerprint density at radius 1 is 0.947 bits per heavy atom. The van der Waals surface area contributed by atoms with Gasteiger partial charge in [0.05, 0.1) is 19.0 Å². The lowest BCUT2D eigenvalue weighted by Crippen LogP contribution is -2.46. The zero-order valence-corrected chi connectivity index (χ0v) is 20.4. The number of nitrogens with zero attached hydrogens (tertiary/aromatic N) is 4. The van der Waals surface area contributed by atoms with Crippen molar-refractivity contribution in [2.24, 2.45) is 0 Å². The number of nitrogens with one attached hydrogen (secondary N) is 1. The molecule has 3 heterocycles. The van der Waals surface area contributed by atoms with E-state index in [1.165, 1.54) is 6.20 Å². The highest BCUT2D eigenvalue weighted by Gasteiger charge is 2.42. The zero-order valence-electron chi connectivity index (χ0n) is 20.4. The molecule has 1 saturated heterocycles. The van der Waals surface area contributed by atoms with Crippen LogP contribution in [0, 0.1) is 0 Å². The number of amides is 1. The number of ether oxygens (including phenoxy) is 1. The Morgan fingerprint density at radius 2 is 1.63 bits per heavy atom. The predicted molar refractivity (Wildman–Crippen MR) is 137 cm³/mol. The van der Waals surface area contributed by atoms with Gasteiger partial charge in [0.25, 0.3) is 5.91 Å². The Labute approximate surface area is 216 Å². The number of carbonyl (C=O) groups excluding carboxylic acids is 1. The summed E-state index contributed by atoms with van der Waals surface area (Å²) >= 11 is 0. The van der Waals surface area contributed by atoms with E-state index in [4.69, 9.17) is 9.15 Å². The van der Waals surface area contributed by atoms with Crippen molar-refractivity contribution in [1.29, 1.82) is 0 Å². The average Bonchev–Trinajstić information content (AvgIpc) is 3.41. The van der Waals surface area contributed by atoms with Gasteiger partial charge in [-0.15, -0.1) is 0 Å². The fourth-order valence-corrected chi connectivity index (χ4v) is 4.19. The lowest BCUT2D eigenvalue weighted by molar-refractivity contribution is -0.153. The molecule has 1 amide bonds. The highest BCUT2D eigenvalue weighted by molar-refractivity contribution is 6.04. The van der Waals surface area contributed by atoms with Gasteiger partial charge in [-0.3, -0.25) is 4.79 Å². The van der Waals surface area contributed by atoms with E-state index in [-0.39, 0.29) is 11.6 Å². The second-order valence-corrected chi connectivity index (χ2v) is 8.59. The number of piperazine rings is 1. The van der Waals surface area contributed by atoms with Crippen LogP contribution in [0.5, 0.6) is 5.75 Å². The van der Waals surface area contributed by atoms with E-state index >= 15 is 0 Å². The first-order valence-electron chi connectivity index (χ1n) is 11.9. The van der Waals surface area contributed by atoms with E-state index in [0.717, 1.165) is 37.6 Å². The van der Waals surface area contributed by atoms with Crippen LogP contribution in [0.2, 0.25) is 0 Å². The Hall–Kier alpha value is -4.54. The smallest absolute Gasteiger partial charge is 0.452 e. The third-order valence-electron chi connectivity index (χ3n) is 6.17. The Bertz CT molecular complexity index is 1380. The molecule has 2 aromatic heterocycles. The van der Waals surface area contributed by atoms with Crippen LogP contribution < -0.4 is 19.9 Å². The van der Waals surface area contributed by atoms with E-state index < -0.39 is 23.5 Å². The fourth-order valence-electron chi connectivity index (χ4n) is 4.19. The quantitative estimate of drug-likeness (QED) is 0.365. The third kappa shape index (κ3) is 5.41. The highest BCUT2D eigenvalue weighted by atomic mass is 19.4. The van der Waals surface area contributed by atoms with Crippen molar-refractivity contribution in [1.82, 2.24) is 9.97 Å². The molecule has 196 valence electrons. The van der Waals surface area contributed by atoms with Crippen LogP contribution in [0.1, 0.15) is 16.2 Å². The highest BCUT2D eigenvalue weighted by Crippen LogP contribution is 2.35. The second kappa shape index (κ2) is 10.4. The van der Waals surface area contributed by atoms with E-state index in [9.17, 15) is 18.0 Å². The van der Waals surface area contributed by atoms with Gasteiger partial charge >= 0.3 is 6.18 Å². The molecule has 2 aromatic carbocycles. The van der Waals surface area contributed by atoms with Gasteiger partial charge in [-0.25, -0.2) is 9.97 Å². The number of oxazole rings is 1. The second-order valence-electron chi connectivity index (χ2n) is 8.59. The van der Waals surface area contributed by atoms with Gasteiger partial charge in [-0.2, -0.15) is 13.2 Å². The molecule has 0 bridgehead atoms. The number of hydrogen-bond acceptors (Lipinski definition) is 7. The number of alkyl halides is 3. The molecule has 5 rings (SSSR count). The number of aromatic nitrogens is 2. The lowest BCUT2D eigenvalue weighted by atomic mass is 10.2. The van der Waals surface area contributed by atoms with Gasteiger partial charge < -0.3 is 24.3 Å². The number of hydrogen-bond donors (Lipinski definition) is 1. The molecule has 0 saturated carbocycles. The maximum atomic E-state index is 13.6. The summed E-state index contributed by atoms with van der Waals surface area (Å²) in [5.74, 6) is -1.26. The summed E-state index contributed by atoms with van der Waals surface area (Å²) in [6, 6.07) is 19.3. The van der Waals surface area contributed by atoms with Crippen LogP contribution in [0.3, 0.4) is 0 Å². The maximum Gasteiger partial charge on any atom is 0.452 e. The first-order valence-corrected chi connectivity index (χ1v) is 11.9. The van der Waals surface area contributed by atoms with E-state index in [0.29, 0.717) is 11.4 Å². The first-order chi connectivity index (χ1) is 18.3. The van der Waals surface area contributed by atoms with Gasteiger partial charge in [0.2, 0.25) is 11.7 Å². The number of benzene rings is 2. The minimum absolute atomic E-state index is 0.244. The van der Waals surface area contributed by atoms with E-state index in [1.807, 2.05) is 24.3 Å². The molecule has 0 atom stereocenters. The normalized spacial score (nSPS) is 13.9. The van der Waals surface area contributed by atoms with Crippen molar-refractivity contribution in [2.75, 3.05) is 48.4 Å². The van der Waals surface area contributed by atoms with Crippen molar-refractivity contribution in [3.8, 4) is 17.2 Å². The summed E-state index contributed by atoms with van der Waals surface area (Å²) in [5, 5.41) is 2.44. The summed E-state index contributed by atoms with van der Waals surface area (Å²) in [6.45, 7) is 3.06. The monoisotopic (exact) mass is 523 g/mol. The molecular formula is C27H24F3N5O3. The number of methoxy groups -OCH3 is 1. The molecule has 0 radical (unpaired) electrons. The molecule has 1 fully saturated rings. The van der Waals surface area contributed by atoms with Crippen molar-refractivity contribution in [3.05, 3.63) is 84.4 Å². The maximum absolute atomic E-state index is 13.6. The summed E-state index contributed by atoms with van der Waals surface area (Å²) in [4.78, 5) is 25.4. The third-order valence-corrected chi connectivity index (χ3v) is 6.17. The number of halogens is 3. The van der Waals surface area contributed by atoms with Gasteiger partial charge in [0.15, 0.2) is 5.69 Å². The molecule has 4 aromatic rings. The molecule has 11 heteroatoms. The van der Waals surface area contributed by atoms with Gasteiger partial charge in [-0.1, -0.05) is 18.2 Å². The van der Waals surface area contributed by atoms with Crippen molar-refractivity contribution in [3.63, 3.8) is 0 Å². The summed E-state index contributed by atoms with van der Waals surface area (Å²) < 4.78 is 50.9. The molecule has 1 aliphatic heterocycles. The SMILES string of the molecule is COc1ccc(N2CCN(c3ccc(NC(=O)c4nc(-c5ccccc5)oc4C(F)(F)F)cn3)CC2)cc1. The Morgan fingerprint density at radius 3 is 2.24 bits per heavy atom. The average molecular weight is 524 g/mol.